The topological polar surface area (TPSA) is 88.9 Å². The van der Waals surface area contributed by atoms with Gasteiger partial charge in [0.05, 0.1) is 11.8 Å². The molecule has 0 fully saturated rings. The molecule has 0 bridgehead atoms. The van der Waals surface area contributed by atoms with E-state index < -0.39 is 0 Å². The van der Waals surface area contributed by atoms with Crippen LogP contribution in [-0.4, -0.2) is 32.3 Å². The Morgan fingerprint density at radius 2 is 2.00 bits per heavy atom. The molecular formula is C24H26BrN5O2S. The minimum absolute atomic E-state index is 0.138. The molecule has 7 nitrogen and oxygen atoms in total. The van der Waals surface area contributed by atoms with Gasteiger partial charge in [0, 0.05) is 22.3 Å². The zero-order valence-electron chi connectivity index (χ0n) is 18.8. The Morgan fingerprint density at radius 1 is 1.21 bits per heavy atom. The van der Waals surface area contributed by atoms with E-state index in [4.69, 9.17) is 0 Å². The summed E-state index contributed by atoms with van der Waals surface area (Å²) >= 11 is 4.71. The van der Waals surface area contributed by atoms with Gasteiger partial charge >= 0.3 is 0 Å². The largest absolute Gasteiger partial charge is 0.342 e. The highest BCUT2D eigenvalue weighted by Gasteiger charge is 2.20. The zero-order chi connectivity index (χ0) is 24.0. The molecule has 2 aromatic carbocycles. The van der Waals surface area contributed by atoms with Crippen LogP contribution in [0.25, 0.3) is 0 Å². The summed E-state index contributed by atoms with van der Waals surface area (Å²) in [6.45, 7) is 10.0. The number of anilines is 1. The van der Waals surface area contributed by atoms with Crippen molar-refractivity contribution in [2.75, 3.05) is 11.1 Å². The average molecular weight is 528 g/mol. The molecule has 1 aromatic heterocycles. The number of thioether (sulfide) groups is 1. The highest BCUT2D eigenvalue weighted by atomic mass is 79.9. The number of aryl methyl sites for hydroxylation is 2. The fourth-order valence-corrected chi connectivity index (χ4v) is 4.47. The van der Waals surface area contributed by atoms with E-state index in [1.807, 2.05) is 61.7 Å². The van der Waals surface area contributed by atoms with Crippen LogP contribution < -0.4 is 10.6 Å². The minimum atomic E-state index is -0.376. The Bertz CT molecular complexity index is 1180. The first-order valence-corrected chi connectivity index (χ1v) is 12.2. The number of carbonyl (C=O) groups is 2. The van der Waals surface area contributed by atoms with Crippen LogP contribution in [0.3, 0.4) is 0 Å². The molecule has 172 valence electrons. The molecule has 1 atom stereocenters. The van der Waals surface area contributed by atoms with Gasteiger partial charge in [0.25, 0.3) is 5.91 Å². The fourth-order valence-electron chi connectivity index (χ4n) is 3.24. The van der Waals surface area contributed by atoms with Crippen molar-refractivity contribution in [1.82, 2.24) is 20.1 Å². The summed E-state index contributed by atoms with van der Waals surface area (Å²) in [5.41, 5.74) is 3.34. The predicted octanol–water partition coefficient (Wildman–Crippen LogP) is 5.07. The molecule has 0 aliphatic heterocycles. The van der Waals surface area contributed by atoms with Crippen molar-refractivity contribution in [3.63, 3.8) is 0 Å². The van der Waals surface area contributed by atoms with Gasteiger partial charge in [-0.3, -0.25) is 9.59 Å². The van der Waals surface area contributed by atoms with Crippen molar-refractivity contribution in [2.45, 2.75) is 38.5 Å². The van der Waals surface area contributed by atoms with Crippen molar-refractivity contribution in [1.29, 1.82) is 0 Å². The molecule has 33 heavy (non-hydrogen) atoms. The number of halogens is 1. The molecular weight excluding hydrogens is 502 g/mol. The van der Waals surface area contributed by atoms with E-state index in [0.717, 1.165) is 21.3 Å². The lowest BCUT2D eigenvalue weighted by Gasteiger charge is -2.15. The number of hydrogen-bond acceptors (Lipinski definition) is 5. The Balaban J connectivity index is 1.67. The number of allylic oxidation sites excluding steroid dienone is 1. The first kappa shape index (κ1) is 24.7. The van der Waals surface area contributed by atoms with E-state index in [-0.39, 0.29) is 23.6 Å². The van der Waals surface area contributed by atoms with E-state index in [0.29, 0.717) is 23.1 Å². The van der Waals surface area contributed by atoms with Crippen molar-refractivity contribution >= 4 is 45.2 Å². The van der Waals surface area contributed by atoms with Gasteiger partial charge in [-0.05, 0) is 56.7 Å². The molecule has 3 rings (SSSR count). The van der Waals surface area contributed by atoms with Gasteiger partial charge in [-0.25, -0.2) is 0 Å². The van der Waals surface area contributed by atoms with Gasteiger partial charge in [0.2, 0.25) is 5.91 Å². The van der Waals surface area contributed by atoms with Crippen molar-refractivity contribution in [2.24, 2.45) is 0 Å². The number of rotatable bonds is 9. The Labute approximate surface area is 206 Å². The van der Waals surface area contributed by atoms with Crippen LogP contribution in [0.4, 0.5) is 5.69 Å². The second kappa shape index (κ2) is 11.3. The van der Waals surface area contributed by atoms with E-state index in [9.17, 15) is 9.59 Å². The predicted molar refractivity (Wildman–Crippen MR) is 136 cm³/mol. The number of amides is 2. The van der Waals surface area contributed by atoms with Crippen LogP contribution in [0.15, 0.2) is 64.7 Å². The molecule has 9 heteroatoms. The van der Waals surface area contributed by atoms with Gasteiger partial charge in [-0.2, -0.15) is 0 Å². The molecule has 0 saturated heterocycles. The molecule has 0 saturated carbocycles. The first-order chi connectivity index (χ1) is 15.8. The van der Waals surface area contributed by atoms with Crippen LogP contribution in [0.5, 0.6) is 0 Å². The smallest absolute Gasteiger partial charge is 0.251 e. The number of carbonyl (C=O) groups excluding carboxylic acids is 2. The molecule has 1 heterocycles. The van der Waals surface area contributed by atoms with E-state index >= 15 is 0 Å². The Morgan fingerprint density at radius 3 is 2.70 bits per heavy atom. The van der Waals surface area contributed by atoms with Gasteiger partial charge < -0.3 is 15.2 Å². The molecule has 0 radical (unpaired) electrons. The summed E-state index contributed by atoms with van der Waals surface area (Å²) in [5.74, 6) is 0.454. The number of hydrogen-bond donors (Lipinski definition) is 2. The van der Waals surface area contributed by atoms with Crippen molar-refractivity contribution < 1.29 is 9.59 Å². The lowest BCUT2D eigenvalue weighted by molar-refractivity contribution is -0.113. The molecule has 2 amide bonds. The monoisotopic (exact) mass is 527 g/mol. The number of benzene rings is 2. The highest BCUT2D eigenvalue weighted by molar-refractivity contribution is 9.10. The lowest BCUT2D eigenvalue weighted by Crippen LogP contribution is -2.29. The summed E-state index contributed by atoms with van der Waals surface area (Å²) in [5, 5.41) is 15.0. The molecule has 0 spiro atoms. The maximum atomic E-state index is 12.6. The van der Waals surface area contributed by atoms with Crippen molar-refractivity contribution in [3.8, 4) is 0 Å². The fraction of sp³-hybridized carbons (Fsp3) is 0.250. The molecule has 0 unspecified atom stereocenters. The summed E-state index contributed by atoms with van der Waals surface area (Å²) in [7, 11) is 0. The van der Waals surface area contributed by atoms with Crippen LogP contribution in [0.1, 0.15) is 40.3 Å². The average Bonchev–Trinajstić information content (AvgIpc) is 3.17. The third-order valence-corrected chi connectivity index (χ3v) is 6.33. The molecule has 3 aromatic rings. The normalized spacial score (nSPS) is 11.6. The van der Waals surface area contributed by atoms with E-state index in [1.54, 1.807) is 12.1 Å². The lowest BCUT2D eigenvalue weighted by atomic mass is 10.1. The SMILES string of the molecule is C=CCn1c(SCC(=O)Nc2ccc(Br)cc2C)nnc1[C@H](C)NC(=O)c1cccc(C)c1. The molecule has 0 aliphatic carbocycles. The summed E-state index contributed by atoms with van der Waals surface area (Å²) in [6.07, 6.45) is 1.73. The maximum absolute atomic E-state index is 12.6. The molecule has 0 aliphatic rings. The maximum Gasteiger partial charge on any atom is 0.251 e. The van der Waals surface area contributed by atoms with Gasteiger partial charge in [-0.15, -0.1) is 16.8 Å². The highest BCUT2D eigenvalue weighted by Crippen LogP contribution is 2.23. The second-order valence-corrected chi connectivity index (χ2v) is 9.46. The second-order valence-electron chi connectivity index (χ2n) is 7.60. The van der Waals surface area contributed by atoms with Crippen LogP contribution in [0, 0.1) is 13.8 Å². The first-order valence-electron chi connectivity index (χ1n) is 10.4. The standard InChI is InChI=1S/C24H26BrN5O2S/c1-5-11-30-22(17(4)26-23(32)18-8-6-7-15(2)12-18)28-29-24(30)33-14-21(31)27-20-10-9-19(25)13-16(20)3/h5-10,12-13,17H,1,11,14H2,2-4H3,(H,26,32)(H,27,31)/t17-/m0/s1. The van der Waals surface area contributed by atoms with Crippen LogP contribution >= 0.6 is 27.7 Å². The minimum Gasteiger partial charge on any atom is -0.342 e. The summed E-state index contributed by atoms with van der Waals surface area (Å²) < 4.78 is 2.82. The Kier molecular flexibility index (Phi) is 8.46. The summed E-state index contributed by atoms with van der Waals surface area (Å²) in [4.78, 5) is 25.1. The van der Waals surface area contributed by atoms with Crippen LogP contribution in [0.2, 0.25) is 0 Å². The third kappa shape index (κ3) is 6.55. The van der Waals surface area contributed by atoms with Crippen LogP contribution in [-0.2, 0) is 11.3 Å². The van der Waals surface area contributed by atoms with Gasteiger partial charge in [0.15, 0.2) is 11.0 Å². The van der Waals surface area contributed by atoms with Gasteiger partial charge in [-0.1, -0.05) is 51.5 Å². The number of aromatic nitrogens is 3. The zero-order valence-corrected chi connectivity index (χ0v) is 21.2. The number of nitrogens with one attached hydrogen (secondary N) is 2. The van der Waals surface area contributed by atoms with Crippen molar-refractivity contribution in [3.05, 3.63) is 82.1 Å². The number of nitrogens with zero attached hydrogens (tertiary/aromatic N) is 3. The molecule has 2 N–H and O–H groups in total. The van der Waals surface area contributed by atoms with E-state index in [1.165, 1.54) is 11.8 Å². The van der Waals surface area contributed by atoms with E-state index in [2.05, 4.69) is 43.3 Å². The van der Waals surface area contributed by atoms with Gasteiger partial charge in [0.1, 0.15) is 0 Å². The summed E-state index contributed by atoms with van der Waals surface area (Å²) in [6, 6.07) is 12.7. The third-order valence-electron chi connectivity index (χ3n) is 4.87. The quantitative estimate of drug-likeness (QED) is 0.299. The Hall–Kier alpha value is -2.91.